The fourth-order valence-corrected chi connectivity index (χ4v) is 3.52. The molecule has 1 saturated carbocycles. The van der Waals surface area contributed by atoms with Gasteiger partial charge in [0.15, 0.2) is 0 Å². The molecule has 0 radical (unpaired) electrons. The van der Waals surface area contributed by atoms with Crippen molar-refractivity contribution in [2.75, 3.05) is 0 Å². The minimum Gasteiger partial charge on any atom is -0.351 e. The van der Waals surface area contributed by atoms with Crippen LogP contribution in [0.4, 0.5) is 0 Å². The second-order valence-corrected chi connectivity index (χ2v) is 6.89. The Hall–Kier alpha value is -2.70. The molecule has 2 heterocycles. The minimum atomic E-state index is -0.0885. The van der Waals surface area contributed by atoms with Gasteiger partial charge in [-0.15, -0.1) is 0 Å². The largest absolute Gasteiger partial charge is 0.351 e. The van der Waals surface area contributed by atoms with Gasteiger partial charge in [-0.2, -0.15) is 5.10 Å². The molecule has 25 heavy (non-hydrogen) atoms. The maximum atomic E-state index is 12.7. The van der Waals surface area contributed by atoms with E-state index >= 15 is 0 Å². The molecule has 7 heteroatoms. The Bertz CT molecular complexity index is 798. The molecule has 2 amide bonds. The van der Waals surface area contributed by atoms with Crippen molar-refractivity contribution in [3.8, 4) is 5.69 Å². The number of piperidine rings is 1. The molecule has 7 nitrogen and oxygen atoms in total. The zero-order valence-electron chi connectivity index (χ0n) is 14.1. The van der Waals surface area contributed by atoms with Crippen molar-refractivity contribution in [3.63, 3.8) is 0 Å². The first-order chi connectivity index (χ1) is 12.1. The fraction of sp³-hybridized carbons (Fsp3) is 0.444. The maximum Gasteiger partial charge on any atom is 0.251 e. The van der Waals surface area contributed by atoms with Gasteiger partial charge in [-0.1, -0.05) is 0 Å². The third-order valence-electron chi connectivity index (χ3n) is 5.03. The van der Waals surface area contributed by atoms with Crippen molar-refractivity contribution in [2.45, 2.75) is 44.7 Å². The summed E-state index contributed by atoms with van der Waals surface area (Å²) in [6, 6.07) is 5.67. The Balaban J connectivity index is 1.50. The summed E-state index contributed by atoms with van der Waals surface area (Å²) in [5.41, 5.74) is 2.40. The predicted octanol–water partition coefficient (Wildman–Crippen LogP) is 1.36. The second kappa shape index (κ2) is 6.31. The zero-order valence-corrected chi connectivity index (χ0v) is 14.1. The van der Waals surface area contributed by atoms with E-state index in [0.717, 1.165) is 24.1 Å². The van der Waals surface area contributed by atoms with Crippen molar-refractivity contribution in [1.29, 1.82) is 0 Å². The third kappa shape index (κ3) is 3.26. The lowest BCUT2D eigenvalue weighted by Crippen LogP contribution is -2.56. The van der Waals surface area contributed by atoms with Gasteiger partial charge in [0.25, 0.3) is 5.91 Å². The highest BCUT2D eigenvalue weighted by atomic mass is 16.2. The summed E-state index contributed by atoms with van der Waals surface area (Å²) in [6.07, 6.45) is 6.53. The van der Waals surface area contributed by atoms with Gasteiger partial charge >= 0.3 is 0 Å². The quantitative estimate of drug-likeness (QED) is 0.880. The number of nitrogens with zero attached hydrogens (tertiary/aromatic N) is 3. The molecule has 2 aromatic rings. The van der Waals surface area contributed by atoms with Crippen LogP contribution in [0.2, 0.25) is 0 Å². The number of carbonyl (C=O) groups excluding carboxylic acids is 2. The Morgan fingerprint density at radius 1 is 1.32 bits per heavy atom. The summed E-state index contributed by atoms with van der Waals surface area (Å²) in [4.78, 5) is 28.4. The summed E-state index contributed by atoms with van der Waals surface area (Å²) >= 11 is 0. The molecule has 2 aliphatic rings. The first-order valence-electron chi connectivity index (χ1n) is 8.67. The molecule has 130 valence electrons. The lowest BCUT2D eigenvalue weighted by molar-refractivity contribution is -0.124. The monoisotopic (exact) mass is 339 g/mol. The van der Waals surface area contributed by atoms with Gasteiger partial charge in [-0.25, -0.2) is 9.67 Å². The van der Waals surface area contributed by atoms with Crippen LogP contribution in [-0.2, 0) is 4.79 Å². The van der Waals surface area contributed by atoms with Crippen LogP contribution in [0.3, 0.4) is 0 Å². The number of aryl methyl sites for hydroxylation is 1. The molecular weight excluding hydrogens is 318 g/mol. The number of amides is 2. The van der Waals surface area contributed by atoms with E-state index in [1.165, 1.54) is 6.33 Å². The van der Waals surface area contributed by atoms with Gasteiger partial charge in [0, 0.05) is 12.0 Å². The van der Waals surface area contributed by atoms with E-state index in [2.05, 4.69) is 20.7 Å². The molecule has 0 spiro atoms. The highest BCUT2D eigenvalue weighted by Gasteiger charge is 2.40. The summed E-state index contributed by atoms with van der Waals surface area (Å²) in [6.45, 7) is 1.91. The van der Waals surface area contributed by atoms with Gasteiger partial charge in [0.2, 0.25) is 5.91 Å². The van der Waals surface area contributed by atoms with Crippen LogP contribution in [0.15, 0.2) is 30.9 Å². The SMILES string of the molecule is Cc1cc(-n2cncn2)ccc1C(=O)N[C@@H]1CCC(=O)N[C@H]1C1CC1. The molecule has 4 rings (SSSR count). The van der Waals surface area contributed by atoms with Crippen LogP contribution in [0.1, 0.15) is 41.6 Å². The average Bonchev–Trinajstić information content (AvgIpc) is 3.30. The summed E-state index contributed by atoms with van der Waals surface area (Å²) in [7, 11) is 0. The molecule has 1 aromatic heterocycles. The van der Waals surface area contributed by atoms with E-state index in [4.69, 9.17) is 0 Å². The van der Waals surface area contributed by atoms with E-state index in [-0.39, 0.29) is 23.9 Å². The van der Waals surface area contributed by atoms with Crippen molar-refractivity contribution in [1.82, 2.24) is 25.4 Å². The Morgan fingerprint density at radius 3 is 2.84 bits per heavy atom. The van der Waals surface area contributed by atoms with Gasteiger partial charge < -0.3 is 10.6 Å². The van der Waals surface area contributed by atoms with Gasteiger partial charge in [-0.3, -0.25) is 9.59 Å². The maximum absolute atomic E-state index is 12.7. The van der Waals surface area contributed by atoms with E-state index in [1.807, 2.05) is 25.1 Å². The predicted molar refractivity (Wildman–Crippen MR) is 91.2 cm³/mol. The van der Waals surface area contributed by atoms with E-state index in [1.54, 1.807) is 11.0 Å². The lowest BCUT2D eigenvalue weighted by Gasteiger charge is -2.33. The first kappa shape index (κ1) is 15.8. The summed E-state index contributed by atoms with van der Waals surface area (Å²) in [5, 5.41) is 10.3. The topological polar surface area (TPSA) is 88.9 Å². The number of hydrogen-bond donors (Lipinski definition) is 2. The second-order valence-electron chi connectivity index (χ2n) is 6.89. The molecular formula is C18H21N5O2. The number of benzene rings is 1. The van der Waals surface area contributed by atoms with Gasteiger partial charge in [0.05, 0.1) is 17.8 Å². The van der Waals surface area contributed by atoms with E-state index in [0.29, 0.717) is 24.3 Å². The number of nitrogens with one attached hydrogen (secondary N) is 2. The molecule has 2 N–H and O–H groups in total. The van der Waals surface area contributed by atoms with Crippen LogP contribution in [-0.4, -0.2) is 38.7 Å². The van der Waals surface area contributed by atoms with Crippen LogP contribution in [0.25, 0.3) is 5.69 Å². The third-order valence-corrected chi connectivity index (χ3v) is 5.03. The first-order valence-corrected chi connectivity index (χ1v) is 8.67. The van der Waals surface area contributed by atoms with E-state index in [9.17, 15) is 9.59 Å². The number of carbonyl (C=O) groups is 2. The number of rotatable bonds is 4. The van der Waals surface area contributed by atoms with Crippen LogP contribution in [0, 0.1) is 12.8 Å². The van der Waals surface area contributed by atoms with Crippen molar-refractivity contribution in [2.24, 2.45) is 5.92 Å². The van der Waals surface area contributed by atoms with Gasteiger partial charge in [0.1, 0.15) is 12.7 Å². The van der Waals surface area contributed by atoms with Crippen molar-refractivity contribution >= 4 is 11.8 Å². The Morgan fingerprint density at radius 2 is 2.16 bits per heavy atom. The van der Waals surface area contributed by atoms with Crippen LogP contribution < -0.4 is 10.6 Å². The number of aromatic nitrogens is 3. The molecule has 1 aliphatic heterocycles. The van der Waals surface area contributed by atoms with Crippen LogP contribution in [0.5, 0.6) is 0 Å². The standard InChI is InChI=1S/C18H21N5O2/c1-11-8-13(23-10-19-9-20-23)4-5-14(11)18(25)21-15-6-7-16(24)22-17(15)12-2-3-12/h4-5,8-10,12,15,17H,2-3,6-7H2,1H3,(H,21,25)(H,22,24)/t15-,17+/m1/s1. The van der Waals surface area contributed by atoms with Crippen LogP contribution >= 0.6 is 0 Å². The highest BCUT2D eigenvalue weighted by molar-refractivity contribution is 5.96. The molecule has 2 atom stereocenters. The lowest BCUT2D eigenvalue weighted by atomic mass is 9.93. The molecule has 1 aromatic carbocycles. The molecule has 1 saturated heterocycles. The summed E-state index contributed by atoms with van der Waals surface area (Å²) in [5.74, 6) is 0.510. The number of hydrogen-bond acceptors (Lipinski definition) is 4. The van der Waals surface area contributed by atoms with Crippen molar-refractivity contribution in [3.05, 3.63) is 42.0 Å². The molecule has 0 unspecified atom stereocenters. The van der Waals surface area contributed by atoms with Crippen molar-refractivity contribution < 1.29 is 9.59 Å². The zero-order chi connectivity index (χ0) is 17.4. The average molecular weight is 339 g/mol. The fourth-order valence-electron chi connectivity index (χ4n) is 3.52. The van der Waals surface area contributed by atoms with E-state index < -0.39 is 0 Å². The normalized spacial score (nSPS) is 23.2. The summed E-state index contributed by atoms with van der Waals surface area (Å²) < 4.78 is 1.66. The minimum absolute atomic E-state index is 0.00657. The molecule has 1 aliphatic carbocycles. The highest BCUT2D eigenvalue weighted by Crippen LogP contribution is 2.36. The smallest absolute Gasteiger partial charge is 0.251 e. The molecule has 2 fully saturated rings. The Labute approximate surface area is 145 Å². The van der Waals surface area contributed by atoms with Gasteiger partial charge in [-0.05, 0) is 55.9 Å². The Kier molecular flexibility index (Phi) is 3.99. The molecule has 0 bridgehead atoms.